The minimum atomic E-state index is 0.231. The largest absolute Gasteiger partial charge is 0.380 e. The van der Waals surface area contributed by atoms with Crippen molar-refractivity contribution in [3.05, 3.63) is 0 Å². The van der Waals surface area contributed by atoms with Gasteiger partial charge >= 0.3 is 0 Å². The lowest BCUT2D eigenvalue weighted by atomic mass is 9.81. The van der Waals surface area contributed by atoms with E-state index in [2.05, 4.69) is 13.0 Å². The second kappa shape index (κ2) is 5.15. The fourth-order valence-corrected chi connectivity index (χ4v) is 0.990. The summed E-state index contributed by atoms with van der Waals surface area (Å²) in [7, 11) is 0. The molecule has 0 bridgehead atoms. The monoisotopic (exact) mass is 155 g/mol. The third kappa shape index (κ3) is 2.51. The lowest BCUT2D eigenvalue weighted by Gasteiger charge is -2.38. The zero-order valence-corrected chi connectivity index (χ0v) is 7.68. The van der Waals surface area contributed by atoms with E-state index in [1.807, 2.05) is 13.8 Å². The van der Waals surface area contributed by atoms with Gasteiger partial charge in [0.1, 0.15) is 0 Å². The molecule has 0 atom stereocenters. The van der Waals surface area contributed by atoms with Crippen molar-refractivity contribution in [2.24, 2.45) is 5.41 Å². The average molecular weight is 155 g/mol. The van der Waals surface area contributed by atoms with Crippen LogP contribution in [0, 0.1) is 16.7 Å². The molecule has 64 valence electrons. The molecule has 0 amide bonds. The maximum absolute atomic E-state index is 8.39. The van der Waals surface area contributed by atoms with Crippen LogP contribution in [0.2, 0.25) is 0 Å². The van der Waals surface area contributed by atoms with Gasteiger partial charge in [-0.2, -0.15) is 5.26 Å². The number of nitriles is 1. The van der Waals surface area contributed by atoms with Crippen LogP contribution >= 0.6 is 0 Å². The molecule has 1 heterocycles. The van der Waals surface area contributed by atoms with Gasteiger partial charge in [0.05, 0.1) is 19.3 Å². The van der Waals surface area contributed by atoms with Gasteiger partial charge in [0.2, 0.25) is 0 Å². The van der Waals surface area contributed by atoms with E-state index >= 15 is 0 Å². The van der Waals surface area contributed by atoms with Crippen LogP contribution in [0.4, 0.5) is 0 Å². The second-order valence-corrected chi connectivity index (χ2v) is 2.68. The Balaban J connectivity index is 0.000000461. The van der Waals surface area contributed by atoms with Crippen molar-refractivity contribution in [1.82, 2.24) is 0 Å². The van der Waals surface area contributed by atoms with Gasteiger partial charge in [0.15, 0.2) is 0 Å². The van der Waals surface area contributed by atoms with E-state index in [0.29, 0.717) is 6.42 Å². The maximum atomic E-state index is 8.39. The fraction of sp³-hybridized carbons (Fsp3) is 0.889. The molecule has 1 rings (SSSR count). The molecule has 0 saturated carbocycles. The first-order chi connectivity index (χ1) is 5.33. The number of hydrogen-bond donors (Lipinski definition) is 0. The molecule has 1 aliphatic rings. The molecule has 0 N–H and O–H groups in total. The van der Waals surface area contributed by atoms with Crippen LogP contribution in [0.15, 0.2) is 0 Å². The zero-order chi connectivity index (χ0) is 8.74. The Morgan fingerprint density at radius 1 is 1.45 bits per heavy atom. The summed E-state index contributed by atoms with van der Waals surface area (Å²) < 4.78 is 5.03. The summed E-state index contributed by atoms with van der Waals surface area (Å²) in [6.07, 6.45) is 1.73. The first-order valence-corrected chi connectivity index (χ1v) is 4.28. The van der Waals surface area contributed by atoms with Crippen molar-refractivity contribution in [2.75, 3.05) is 13.2 Å². The Morgan fingerprint density at radius 2 is 2.00 bits per heavy atom. The van der Waals surface area contributed by atoms with Gasteiger partial charge in [-0.1, -0.05) is 20.8 Å². The predicted octanol–water partition coefficient (Wildman–Crippen LogP) is 2.35. The summed E-state index contributed by atoms with van der Waals surface area (Å²) in [6.45, 7) is 7.69. The van der Waals surface area contributed by atoms with Gasteiger partial charge < -0.3 is 4.74 Å². The Morgan fingerprint density at radius 3 is 2.09 bits per heavy atom. The quantitative estimate of drug-likeness (QED) is 0.613. The van der Waals surface area contributed by atoms with E-state index in [1.165, 1.54) is 0 Å². The molecule has 0 unspecified atom stereocenters. The van der Waals surface area contributed by atoms with Crippen LogP contribution in [0.5, 0.6) is 0 Å². The Labute approximate surface area is 69.2 Å². The predicted molar refractivity (Wildman–Crippen MR) is 45.1 cm³/mol. The smallest absolute Gasteiger partial charge is 0.0629 e. The normalized spacial score (nSPS) is 18.7. The van der Waals surface area contributed by atoms with Gasteiger partial charge in [0, 0.05) is 11.8 Å². The van der Waals surface area contributed by atoms with Gasteiger partial charge in [0.25, 0.3) is 0 Å². The Bertz CT molecular complexity index is 127. The summed E-state index contributed by atoms with van der Waals surface area (Å²) in [5.74, 6) is 0. The minimum Gasteiger partial charge on any atom is -0.380 e. The molecule has 0 aromatic heterocycles. The molecule has 0 aromatic carbocycles. The van der Waals surface area contributed by atoms with Crippen LogP contribution in [-0.2, 0) is 4.74 Å². The molecule has 2 nitrogen and oxygen atoms in total. The number of ether oxygens (including phenoxy) is 1. The minimum absolute atomic E-state index is 0.231. The lowest BCUT2D eigenvalue weighted by Crippen LogP contribution is -2.41. The molecule has 1 fully saturated rings. The van der Waals surface area contributed by atoms with Crippen LogP contribution in [0.25, 0.3) is 0 Å². The molecule has 1 saturated heterocycles. The summed E-state index contributed by atoms with van der Waals surface area (Å²) in [5, 5.41) is 8.39. The third-order valence-electron chi connectivity index (χ3n) is 2.02. The van der Waals surface area contributed by atoms with Crippen LogP contribution in [-0.4, -0.2) is 13.2 Å². The van der Waals surface area contributed by atoms with Crippen molar-refractivity contribution < 1.29 is 4.74 Å². The zero-order valence-electron chi connectivity index (χ0n) is 7.68. The average Bonchev–Trinajstić information content (AvgIpc) is 2.01. The highest BCUT2D eigenvalue weighted by Gasteiger charge is 2.36. The Kier molecular flexibility index (Phi) is 4.89. The summed E-state index contributed by atoms with van der Waals surface area (Å²) >= 11 is 0. The molecule has 0 spiro atoms. The van der Waals surface area contributed by atoms with Crippen LogP contribution in [0.1, 0.15) is 33.6 Å². The van der Waals surface area contributed by atoms with Crippen molar-refractivity contribution in [3.63, 3.8) is 0 Å². The standard InChI is InChI=1S/C7H11NO.C2H6/c1-2-7(3-4-8)5-9-6-7;1-2/h2-3,5-6H2,1H3;1-2H3. The van der Waals surface area contributed by atoms with E-state index in [-0.39, 0.29) is 5.41 Å². The summed E-state index contributed by atoms with van der Waals surface area (Å²) in [6, 6.07) is 2.18. The molecule has 2 heteroatoms. The first kappa shape index (κ1) is 10.4. The number of rotatable bonds is 2. The maximum Gasteiger partial charge on any atom is 0.0629 e. The van der Waals surface area contributed by atoms with E-state index in [0.717, 1.165) is 19.6 Å². The van der Waals surface area contributed by atoms with E-state index in [4.69, 9.17) is 10.00 Å². The highest BCUT2D eigenvalue weighted by Crippen LogP contribution is 2.34. The fourth-order valence-electron chi connectivity index (χ4n) is 0.990. The molecule has 0 aliphatic carbocycles. The molecular weight excluding hydrogens is 138 g/mol. The Hall–Kier alpha value is -0.550. The van der Waals surface area contributed by atoms with Gasteiger partial charge in [-0.25, -0.2) is 0 Å². The van der Waals surface area contributed by atoms with E-state index < -0.39 is 0 Å². The lowest BCUT2D eigenvalue weighted by molar-refractivity contribution is -0.111. The van der Waals surface area contributed by atoms with Gasteiger partial charge in [-0.15, -0.1) is 0 Å². The van der Waals surface area contributed by atoms with Gasteiger partial charge in [-0.3, -0.25) is 0 Å². The topological polar surface area (TPSA) is 33.0 Å². The first-order valence-electron chi connectivity index (χ1n) is 4.28. The molecule has 11 heavy (non-hydrogen) atoms. The van der Waals surface area contributed by atoms with Crippen LogP contribution < -0.4 is 0 Å². The second-order valence-electron chi connectivity index (χ2n) is 2.68. The highest BCUT2D eigenvalue weighted by atomic mass is 16.5. The number of hydrogen-bond acceptors (Lipinski definition) is 2. The van der Waals surface area contributed by atoms with Crippen molar-refractivity contribution in [3.8, 4) is 6.07 Å². The molecule has 1 aliphatic heterocycles. The van der Waals surface area contributed by atoms with E-state index in [1.54, 1.807) is 0 Å². The van der Waals surface area contributed by atoms with Crippen molar-refractivity contribution in [2.45, 2.75) is 33.6 Å². The molecule has 0 radical (unpaired) electrons. The SMILES string of the molecule is CC.CCC1(CC#N)COC1. The molecular formula is C9H17NO. The van der Waals surface area contributed by atoms with E-state index in [9.17, 15) is 0 Å². The molecule has 0 aromatic rings. The van der Waals surface area contributed by atoms with Gasteiger partial charge in [-0.05, 0) is 6.42 Å². The van der Waals surface area contributed by atoms with Crippen molar-refractivity contribution >= 4 is 0 Å². The van der Waals surface area contributed by atoms with Crippen LogP contribution in [0.3, 0.4) is 0 Å². The summed E-state index contributed by atoms with van der Waals surface area (Å²) in [4.78, 5) is 0. The third-order valence-corrected chi connectivity index (χ3v) is 2.02. The number of nitrogens with zero attached hydrogens (tertiary/aromatic N) is 1. The highest BCUT2D eigenvalue weighted by molar-refractivity contribution is 4.92. The summed E-state index contributed by atoms with van der Waals surface area (Å²) in [5.41, 5.74) is 0.231. The van der Waals surface area contributed by atoms with Crippen molar-refractivity contribution in [1.29, 1.82) is 5.26 Å².